The monoisotopic (exact) mass is 306 g/mol. The Balaban J connectivity index is 1.69. The molecule has 3 rings (SSSR count). The summed E-state index contributed by atoms with van der Waals surface area (Å²) in [6.07, 6.45) is 5.27. The lowest BCUT2D eigenvalue weighted by Gasteiger charge is -2.39. The van der Waals surface area contributed by atoms with Gasteiger partial charge in [-0.3, -0.25) is 4.79 Å². The van der Waals surface area contributed by atoms with Gasteiger partial charge in [0.25, 0.3) is 5.91 Å². The van der Waals surface area contributed by atoms with Gasteiger partial charge in [-0.25, -0.2) is 0 Å². The van der Waals surface area contributed by atoms with Crippen LogP contribution in [0.4, 0.5) is 0 Å². The molecule has 22 heavy (non-hydrogen) atoms. The number of hydrogen-bond acceptors (Lipinski definition) is 5. The average Bonchev–Trinajstić information content (AvgIpc) is 3.13. The summed E-state index contributed by atoms with van der Waals surface area (Å²) in [4.78, 5) is 14.6. The van der Waals surface area contributed by atoms with Crippen molar-refractivity contribution in [2.45, 2.75) is 31.9 Å². The van der Waals surface area contributed by atoms with E-state index in [-0.39, 0.29) is 18.1 Å². The molecule has 6 heteroatoms. The molecule has 1 unspecified atom stereocenters. The van der Waals surface area contributed by atoms with Gasteiger partial charge in [0.05, 0.1) is 38.2 Å². The number of rotatable bonds is 5. The molecule has 2 heterocycles. The van der Waals surface area contributed by atoms with Crippen LogP contribution in [0.15, 0.2) is 23.4 Å². The van der Waals surface area contributed by atoms with Crippen molar-refractivity contribution in [2.24, 2.45) is 5.92 Å². The molecular weight excluding hydrogens is 284 g/mol. The van der Waals surface area contributed by atoms with E-state index >= 15 is 0 Å². The molecule has 0 spiro atoms. The van der Waals surface area contributed by atoms with Crippen LogP contribution in [0.3, 0.4) is 0 Å². The molecule has 1 amide bonds. The number of fused-ring (bicyclic) bond motifs is 1. The van der Waals surface area contributed by atoms with Gasteiger partial charge in [0, 0.05) is 12.5 Å². The second-order valence-corrected chi connectivity index (χ2v) is 5.86. The van der Waals surface area contributed by atoms with Crippen molar-refractivity contribution in [3.05, 3.63) is 30.2 Å². The largest absolute Gasteiger partial charge is 0.377 e. The normalized spacial score (nSPS) is 27.7. The third kappa shape index (κ3) is 2.80. The quantitative estimate of drug-likeness (QED) is 0.613. The predicted octanol–water partition coefficient (Wildman–Crippen LogP) is 1.81. The molecular formula is C16H22N2O4. The number of ether oxygens (including phenoxy) is 2. The fourth-order valence-electron chi connectivity index (χ4n) is 3.45. The van der Waals surface area contributed by atoms with Crippen LogP contribution in [-0.2, 0) is 9.47 Å². The van der Waals surface area contributed by atoms with Gasteiger partial charge in [-0.05, 0) is 19.8 Å². The van der Waals surface area contributed by atoms with E-state index < -0.39 is 0 Å². The minimum Gasteiger partial charge on any atom is -0.377 e. The predicted molar refractivity (Wildman–Crippen MR) is 79.5 cm³/mol. The van der Waals surface area contributed by atoms with Crippen molar-refractivity contribution in [1.29, 1.82) is 0 Å². The summed E-state index contributed by atoms with van der Waals surface area (Å²) in [5.74, 6) is 0.894. The van der Waals surface area contributed by atoms with Gasteiger partial charge in [-0.2, -0.15) is 0 Å². The van der Waals surface area contributed by atoms with Gasteiger partial charge in [0.15, 0.2) is 0 Å². The highest BCUT2D eigenvalue weighted by Crippen LogP contribution is 2.35. The lowest BCUT2D eigenvalue weighted by atomic mass is 10.0. The zero-order valence-corrected chi connectivity index (χ0v) is 12.9. The smallest absolute Gasteiger partial charge is 0.259 e. The molecule has 1 aliphatic carbocycles. The Bertz CT molecular complexity index is 542. The van der Waals surface area contributed by atoms with E-state index in [9.17, 15) is 4.79 Å². The van der Waals surface area contributed by atoms with Gasteiger partial charge < -0.3 is 18.9 Å². The number of aromatic nitrogens is 1. The summed E-state index contributed by atoms with van der Waals surface area (Å²) in [6, 6.07) is 0.118. The van der Waals surface area contributed by atoms with Crippen LogP contribution in [0.5, 0.6) is 0 Å². The van der Waals surface area contributed by atoms with Crippen molar-refractivity contribution >= 4 is 5.91 Å². The van der Waals surface area contributed by atoms with Gasteiger partial charge >= 0.3 is 0 Å². The molecule has 1 saturated heterocycles. The van der Waals surface area contributed by atoms with E-state index in [2.05, 4.69) is 11.7 Å². The van der Waals surface area contributed by atoms with Crippen LogP contribution < -0.4 is 0 Å². The summed E-state index contributed by atoms with van der Waals surface area (Å²) in [5, 5.41) is 3.70. The van der Waals surface area contributed by atoms with Gasteiger partial charge in [-0.1, -0.05) is 11.2 Å². The van der Waals surface area contributed by atoms with Gasteiger partial charge in [0.1, 0.15) is 11.3 Å². The van der Waals surface area contributed by atoms with Crippen molar-refractivity contribution in [3.8, 4) is 0 Å². The van der Waals surface area contributed by atoms with Gasteiger partial charge in [-0.15, -0.1) is 6.58 Å². The van der Waals surface area contributed by atoms with Crippen LogP contribution in [0, 0.1) is 12.8 Å². The third-order valence-corrected chi connectivity index (χ3v) is 4.53. The second-order valence-electron chi connectivity index (χ2n) is 5.86. The average molecular weight is 306 g/mol. The maximum atomic E-state index is 12.7. The first-order chi connectivity index (χ1) is 10.7. The van der Waals surface area contributed by atoms with E-state index in [1.165, 1.54) is 6.20 Å². The van der Waals surface area contributed by atoms with E-state index in [4.69, 9.17) is 14.0 Å². The number of nitrogens with zero attached hydrogens (tertiary/aromatic N) is 2. The number of morpholine rings is 1. The SMILES string of the molecule is C=CCOCC1CC[C@H]2[C@H]1OCCN2C(=O)c1cnoc1C. The first-order valence-electron chi connectivity index (χ1n) is 7.75. The maximum Gasteiger partial charge on any atom is 0.259 e. The Morgan fingerprint density at radius 1 is 1.59 bits per heavy atom. The van der Waals surface area contributed by atoms with E-state index in [1.807, 2.05) is 4.90 Å². The number of aryl methyl sites for hydroxylation is 1. The van der Waals surface area contributed by atoms with E-state index in [0.29, 0.717) is 43.6 Å². The summed E-state index contributed by atoms with van der Waals surface area (Å²) < 4.78 is 16.5. The van der Waals surface area contributed by atoms with Crippen LogP contribution >= 0.6 is 0 Å². The fourth-order valence-corrected chi connectivity index (χ4v) is 3.45. The maximum absolute atomic E-state index is 12.7. The highest BCUT2D eigenvalue weighted by Gasteiger charge is 2.44. The molecule has 1 aromatic rings. The molecule has 0 N–H and O–H groups in total. The van der Waals surface area contributed by atoms with E-state index in [1.54, 1.807) is 13.0 Å². The molecule has 6 nitrogen and oxygen atoms in total. The molecule has 2 fully saturated rings. The van der Waals surface area contributed by atoms with Crippen molar-refractivity contribution in [3.63, 3.8) is 0 Å². The molecule has 0 aromatic carbocycles. The fraction of sp³-hybridized carbons (Fsp3) is 0.625. The lowest BCUT2D eigenvalue weighted by molar-refractivity contribution is -0.0738. The van der Waals surface area contributed by atoms with Crippen LogP contribution in [0.25, 0.3) is 0 Å². The minimum atomic E-state index is -0.00953. The molecule has 0 radical (unpaired) electrons. The third-order valence-electron chi connectivity index (χ3n) is 4.53. The Kier molecular flexibility index (Phi) is 4.59. The molecule has 3 atom stereocenters. The van der Waals surface area contributed by atoms with Crippen LogP contribution in [-0.4, -0.2) is 54.5 Å². The molecule has 1 saturated carbocycles. The highest BCUT2D eigenvalue weighted by molar-refractivity contribution is 5.95. The Labute approximate surface area is 130 Å². The van der Waals surface area contributed by atoms with Crippen LogP contribution in [0.2, 0.25) is 0 Å². The topological polar surface area (TPSA) is 64.8 Å². The summed E-state index contributed by atoms with van der Waals surface area (Å²) in [6.45, 7) is 7.80. The highest BCUT2D eigenvalue weighted by atomic mass is 16.5. The zero-order chi connectivity index (χ0) is 15.5. The van der Waals surface area contributed by atoms with E-state index in [0.717, 1.165) is 12.8 Å². The molecule has 120 valence electrons. The summed E-state index contributed by atoms with van der Waals surface area (Å²) >= 11 is 0. The molecule has 0 bridgehead atoms. The van der Waals surface area contributed by atoms with Gasteiger partial charge in [0.2, 0.25) is 0 Å². The first-order valence-corrected chi connectivity index (χ1v) is 7.75. The van der Waals surface area contributed by atoms with Crippen molar-refractivity contribution < 1.29 is 18.8 Å². The Hall–Kier alpha value is -1.66. The van der Waals surface area contributed by atoms with Crippen molar-refractivity contribution in [1.82, 2.24) is 10.1 Å². The first kappa shape index (κ1) is 15.2. The minimum absolute atomic E-state index is 0.00953. The zero-order valence-electron chi connectivity index (χ0n) is 12.9. The Morgan fingerprint density at radius 3 is 3.18 bits per heavy atom. The Morgan fingerprint density at radius 2 is 2.45 bits per heavy atom. The lowest BCUT2D eigenvalue weighted by Crippen LogP contribution is -2.53. The molecule has 2 aliphatic rings. The second kappa shape index (κ2) is 6.62. The summed E-state index contributed by atoms with van der Waals surface area (Å²) in [5.41, 5.74) is 0.548. The van der Waals surface area contributed by atoms with Crippen LogP contribution in [0.1, 0.15) is 29.0 Å². The number of amides is 1. The molecule has 1 aromatic heterocycles. The summed E-state index contributed by atoms with van der Waals surface area (Å²) in [7, 11) is 0. The standard InChI is InChI=1S/C16H22N2O4/c1-3-7-20-10-12-4-5-14-15(12)21-8-6-18(14)16(19)13-9-17-22-11(13)2/h3,9,12,14-15H,1,4-8,10H2,2H3/t12?,14-,15-/m0/s1. The number of carbonyl (C=O) groups is 1. The van der Waals surface area contributed by atoms with Crippen molar-refractivity contribution in [2.75, 3.05) is 26.4 Å². The number of hydrogen-bond donors (Lipinski definition) is 0. The molecule has 1 aliphatic heterocycles. The number of carbonyl (C=O) groups excluding carboxylic acids is 1.